The Labute approximate surface area is 164 Å². The molecule has 28 heavy (non-hydrogen) atoms. The maximum absolute atomic E-state index is 11.9. The molecule has 0 atom stereocenters. The fraction of sp³-hybridized carbons (Fsp3) is 0.0909. The lowest BCUT2D eigenvalue weighted by Gasteiger charge is -2.07. The summed E-state index contributed by atoms with van der Waals surface area (Å²) < 4.78 is 3.16. The van der Waals surface area contributed by atoms with Crippen LogP contribution in [0.2, 0.25) is 0 Å². The predicted octanol–water partition coefficient (Wildman–Crippen LogP) is 5.31. The average Bonchev–Trinajstić information content (AvgIpc) is 3.02. The Balaban J connectivity index is 1.98. The summed E-state index contributed by atoms with van der Waals surface area (Å²) in [5, 5.41) is 15.4. The van der Waals surface area contributed by atoms with E-state index in [9.17, 15) is 10.1 Å². The Morgan fingerprint density at radius 3 is 2.50 bits per heavy atom. The summed E-state index contributed by atoms with van der Waals surface area (Å²) in [5.74, 6) is 0. The zero-order chi connectivity index (χ0) is 19.4. The monoisotopic (exact) mass is 386 g/mol. The van der Waals surface area contributed by atoms with Crippen LogP contribution in [0.5, 0.6) is 0 Å². The maximum Gasteiger partial charge on any atom is 0.328 e. The van der Waals surface area contributed by atoms with E-state index in [0.29, 0.717) is 10.9 Å². The van der Waals surface area contributed by atoms with Gasteiger partial charge in [-0.25, -0.2) is 4.57 Å². The van der Waals surface area contributed by atoms with Crippen molar-refractivity contribution < 1.29 is 9.49 Å². The van der Waals surface area contributed by atoms with Gasteiger partial charge in [0, 0.05) is 4.70 Å². The van der Waals surface area contributed by atoms with Crippen LogP contribution in [0, 0.1) is 17.0 Å². The Kier molecular flexibility index (Phi) is 3.64. The highest BCUT2D eigenvalue weighted by Crippen LogP contribution is 2.41. The summed E-state index contributed by atoms with van der Waals surface area (Å²) in [4.78, 5) is 17.2. The highest BCUT2D eigenvalue weighted by Gasteiger charge is 2.28. The molecule has 2 heterocycles. The number of nitrogens with zero attached hydrogens (tertiary/aromatic N) is 3. The zero-order valence-electron chi connectivity index (χ0n) is 15.3. The standard InChI is InChI=1S/C22H16N3O2S/c1-13-15-8-5-6-10-18(15)28-22(13)21-17-11-14-7-3-4-9-16(14)20(25(26)27)19(17)23-12-24(21)2/h3-12H,1-2H3/q+1. The molecule has 2 aromatic heterocycles. The van der Waals surface area contributed by atoms with E-state index in [4.69, 9.17) is 0 Å². The van der Waals surface area contributed by atoms with Crippen LogP contribution in [0.1, 0.15) is 5.56 Å². The molecule has 0 aliphatic carbocycles. The predicted molar refractivity (Wildman–Crippen MR) is 113 cm³/mol. The van der Waals surface area contributed by atoms with Crippen LogP contribution in [0.3, 0.4) is 0 Å². The van der Waals surface area contributed by atoms with Gasteiger partial charge in [-0.15, -0.1) is 11.3 Å². The Morgan fingerprint density at radius 2 is 1.75 bits per heavy atom. The highest BCUT2D eigenvalue weighted by atomic mass is 32.1. The van der Waals surface area contributed by atoms with Crippen LogP contribution in [-0.4, -0.2) is 9.91 Å². The lowest BCUT2D eigenvalue weighted by atomic mass is 10.0. The fourth-order valence-electron chi connectivity index (χ4n) is 3.89. The van der Waals surface area contributed by atoms with E-state index in [-0.39, 0.29) is 10.6 Å². The number of aryl methyl sites for hydroxylation is 2. The number of hydrogen-bond acceptors (Lipinski definition) is 4. The third-order valence-electron chi connectivity index (χ3n) is 5.20. The van der Waals surface area contributed by atoms with Gasteiger partial charge in [-0.2, -0.15) is 0 Å². The SMILES string of the molecule is Cc1c(-c2c3cc4ccccc4c([N+](=O)[O-])c3nc[n+]2C)sc2ccccc12. The first-order valence-corrected chi connectivity index (χ1v) is 9.71. The number of benzene rings is 3. The van der Waals surface area contributed by atoms with E-state index in [2.05, 4.69) is 24.0 Å². The first kappa shape index (κ1) is 16.8. The van der Waals surface area contributed by atoms with E-state index in [1.54, 1.807) is 23.7 Å². The van der Waals surface area contributed by atoms with Crippen molar-refractivity contribution in [1.29, 1.82) is 0 Å². The van der Waals surface area contributed by atoms with Gasteiger partial charge in [0.1, 0.15) is 0 Å². The molecule has 0 aliphatic rings. The summed E-state index contributed by atoms with van der Waals surface area (Å²) >= 11 is 1.71. The molecule has 0 bridgehead atoms. The minimum Gasteiger partial charge on any atom is -0.258 e. The number of aromatic nitrogens is 2. The number of fused-ring (bicyclic) bond motifs is 3. The van der Waals surface area contributed by atoms with Crippen LogP contribution in [0.15, 0.2) is 60.9 Å². The van der Waals surface area contributed by atoms with E-state index >= 15 is 0 Å². The van der Waals surface area contributed by atoms with Gasteiger partial charge >= 0.3 is 5.69 Å². The van der Waals surface area contributed by atoms with Crippen LogP contribution < -0.4 is 4.57 Å². The Morgan fingerprint density at radius 1 is 1.04 bits per heavy atom. The topological polar surface area (TPSA) is 59.9 Å². The normalized spacial score (nSPS) is 11.5. The molecule has 136 valence electrons. The second kappa shape index (κ2) is 6.07. The van der Waals surface area contributed by atoms with Crippen molar-refractivity contribution in [1.82, 2.24) is 4.98 Å². The minimum absolute atomic E-state index is 0.0636. The molecule has 0 unspecified atom stereocenters. The van der Waals surface area contributed by atoms with Gasteiger partial charge in [-0.3, -0.25) is 10.1 Å². The van der Waals surface area contributed by atoms with Crippen molar-refractivity contribution in [2.45, 2.75) is 6.92 Å². The highest BCUT2D eigenvalue weighted by molar-refractivity contribution is 7.22. The summed E-state index contributed by atoms with van der Waals surface area (Å²) in [7, 11) is 1.94. The molecule has 0 saturated carbocycles. The van der Waals surface area contributed by atoms with Crippen molar-refractivity contribution in [3.63, 3.8) is 0 Å². The lowest BCUT2D eigenvalue weighted by Crippen LogP contribution is -2.31. The minimum atomic E-state index is -0.320. The number of hydrogen-bond donors (Lipinski definition) is 0. The number of nitro benzene ring substituents is 1. The van der Waals surface area contributed by atoms with E-state index in [1.165, 1.54) is 15.6 Å². The maximum atomic E-state index is 11.9. The summed E-state index contributed by atoms with van der Waals surface area (Å²) in [6, 6.07) is 17.7. The lowest BCUT2D eigenvalue weighted by molar-refractivity contribution is -0.662. The summed E-state index contributed by atoms with van der Waals surface area (Å²) in [6.07, 6.45) is 1.67. The number of nitro groups is 1. The van der Waals surface area contributed by atoms with Crippen molar-refractivity contribution in [3.05, 3.63) is 76.6 Å². The van der Waals surface area contributed by atoms with Gasteiger partial charge < -0.3 is 0 Å². The molecule has 5 rings (SSSR count). The second-order valence-electron chi connectivity index (χ2n) is 6.86. The van der Waals surface area contributed by atoms with Crippen molar-refractivity contribution in [3.8, 4) is 10.6 Å². The molecule has 0 radical (unpaired) electrons. The largest absolute Gasteiger partial charge is 0.328 e. The molecule has 6 heteroatoms. The average molecular weight is 386 g/mol. The number of rotatable bonds is 2. The second-order valence-corrected chi connectivity index (χ2v) is 7.91. The molecule has 5 nitrogen and oxygen atoms in total. The third kappa shape index (κ3) is 2.31. The van der Waals surface area contributed by atoms with Gasteiger partial charge in [0.25, 0.3) is 11.8 Å². The molecule has 0 N–H and O–H groups in total. The van der Waals surface area contributed by atoms with E-state index in [0.717, 1.165) is 21.3 Å². The van der Waals surface area contributed by atoms with Gasteiger partial charge in [-0.05, 0) is 46.4 Å². The first-order chi connectivity index (χ1) is 13.6. The van der Waals surface area contributed by atoms with Gasteiger partial charge in [-0.1, -0.05) is 36.4 Å². The van der Waals surface area contributed by atoms with Crippen molar-refractivity contribution >= 4 is 48.8 Å². The van der Waals surface area contributed by atoms with Crippen LogP contribution in [0.4, 0.5) is 5.69 Å². The first-order valence-electron chi connectivity index (χ1n) is 8.89. The van der Waals surface area contributed by atoms with E-state index < -0.39 is 0 Å². The van der Waals surface area contributed by atoms with Gasteiger partial charge in [0.05, 0.1) is 27.6 Å². The molecular formula is C22H16N3O2S+. The van der Waals surface area contributed by atoms with Crippen LogP contribution in [-0.2, 0) is 7.05 Å². The molecule has 0 fully saturated rings. The molecule has 0 spiro atoms. The molecule has 5 aromatic rings. The zero-order valence-corrected chi connectivity index (χ0v) is 16.2. The van der Waals surface area contributed by atoms with Crippen molar-refractivity contribution in [2.75, 3.05) is 0 Å². The number of thiophene rings is 1. The molecule has 0 saturated heterocycles. The van der Waals surface area contributed by atoms with Gasteiger partial charge in [0.15, 0.2) is 5.69 Å². The third-order valence-corrected chi connectivity index (χ3v) is 6.48. The smallest absolute Gasteiger partial charge is 0.258 e. The van der Waals surface area contributed by atoms with Gasteiger partial charge in [0.2, 0.25) is 0 Å². The molecule has 0 amide bonds. The van der Waals surface area contributed by atoms with Crippen molar-refractivity contribution in [2.24, 2.45) is 7.05 Å². The number of non-ortho nitro benzene ring substituents is 1. The molecule has 3 aromatic carbocycles. The summed E-state index contributed by atoms with van der Waals surface area (Å²) in [5.41, 5.74) is 2.62. The Hall–Kier alpha value is -3.38. The Bertz CT molecular complexity index is 1420. The summed E-state index contributed by atoms with van der Waals surface area (Å²) in [6.45, 7) is 2.11. The van der Waals surface area contributed by atoms with E-state index in [1.807, 2.05) is 48.0 Å². The van der Waals surface area contributed by atoms with Crippen LogP contribution >= 0.6 is 11.3 Å². The molecule has 0 aliphatic heterocycles. The van der Waals surface area contributed by atoms with Crippen LogP contribution in [0.25, 0.3) is 42.3 Å². The molecular weight excluding hydrogens is 370 g/mol. The fourth-order valence-corrected chi connectivity index (χ4v) is 5.20. The quantitative estimate of drug-likeness (QED) is 0.179.